The molecule has 1 heterocycles. The molecule has 0 aliphatic carbocycles. The van der Waals surface area contributed by atoms with Gasteiger partial charge < -0.3 is 14.6 Å². The van der Waals surface area contributed by atoms with E-state index in [0.717, 1.165) is 4.57 Å². The number of amides is 1. The molecule has 164 valence electrons. The molecule has 0 aliphatic heterocycles. The number of nitrogens with zero attached hydrogens (tertiary/aromatic N) is 2. The number of carbonyl (C=O) groups is 2. The summed E-state index contributed by atoms with van der Waals surface area (Å²) in [5, 5.41) is 2.66. The summed E-state index contributed by atoms with van der Waals surface area (Å²) in [7, 11) is 0. The number of carbonyl (C=O) groups excluding carboxylic acids is 2. The van der Waals surface area contributed by atoms with Crippen molar-refractivity contribution in [2.75, 3.05) is 11.9 Å². The molecule has 31 heavy (non-hydrogen) atoms. The largest absolute Gasteiger partial charge is 0.464 e. The molecular formula is C20H16Cl2F3N3O3. The maximum atomic E-state index is 13.7. The van der Waals surface area contributed by atoms with E-state index in [4.69, 9.17) is 27.9 Å². The van der Waals surface area contributed by atoms with Crippen LogP contribution in [0, 0.1) is 0 Å². The normalized spacial score (nSPS) is 12.6. The van der Waals surface area contributed by atoms with Gasteiger partial charge in [-0.25, -0.2) is 9.78 Å². The van der Waals surface area contributed by atoms with Crippen molar-refractivity contribution in [3.63, 3.8) is 0 Å². The summed E-state index contributed by atoms with van der Waals surface area (Å²) in [6.07, 6.45) is -4.85. The van der Waals surface area contributed by atoms with E-state index in [1.165, 1.54) is 37.3 Å². The van der Waals surface area contributed by atoms with Crippen molar-refractivity contribution in [3.05, 3.63) is 57.8 Å². The van der Waals surface area contributed by atoms with Crippen molar-refractivity contribution < 1.29 is 27.5 Å². The number of benzene rings is 2. The minimum atomic E-state index is -4.85. The van der Waals surface area contributed by atoms with Gasteiger partial charge in [-0.3, -0.25) is 4.79 Å². The molecule has 0 spiro atoms. The monoisotopic (exact) mass is 473 g/mol. The van der Waals surface area contributed by atoms with Gasteiger partial charge in [0.05, 0.1) is 33.4 Å². The summed E-state index contributed by atoms with van der Waals surface area (Å²) in [6, 6.07) is 7.35. The lowest BCUT2D eigenvalue weighted by molar-refractivity contribution is -0.153. The summed E-state index contributed by atoms with van der Waals surface area (Å²) < 4.78 is 46.7. The Morgan fingerprint density at radius 3 is 2.35 bits per heavy atom. The number of ether oxygens (including phenoxy) is 1. The zero-order valence-electron chi connectivity index (χ0n) is 16.3. The van der Waals surface area contributed by atoms with E-state index in [1.54, 1.807) is 13.0 Å². The fourth-order valence-electron chi connectivity index (χ4n) is 3.08. The van der Waals surface area contributed by atoms with E-state index in [-0.39, 0.29) is 38.9 Å². The molecular weight excluding hydrogens is 458 g/mol. The lowest BCUT2D eigenvalue weighted by Gasteiger charge is -2.17. The van der Waals surface area contributed by atoms with E-state index in [2.05, 4.69) is 10.3 Å². The van der Waals surface area contributed by atoms with Crippen molar-refractivity contribution in [3.8, 4) is 0 Å². The molecule has 0 radical (unpaired) electrons. The summed E-state index contributed by atoms with van der Waals surface area (Å²) in [4.78, 5) is 28.5. The molecule has 0 bridgehead atoms. The number of nitrogens with one attached hydrogen (secondary N) is 1. The van der Waals surface area contributed by atoms with Crippen LogP contribution in [0.3, 0.4) is 0 Å². The highest BCUT2D eigenvalue weighted by Gasteiger charge is 2.40. The maximum Gasteiger partial charge on any atom is 0.449 e. The molecule has 0 aliphatic rings. The molecule has 0 fully saturated rings. The zero-order valence-corrected chi connectivity index (χ0v) is 17.8. The Balaban J connectivity index is 2.13. The predicted octanol–water partition coefficient (Wildman–Crippen LogP) is 5.74. The zero-order chi connectivity index (χ0) is 22.9. The molecule has 1 atom stereocenters. The SMILES string of the molecule is CCOC(=O)C(C)n1c(C(F)(F)F)nc2c(NC(=O)c3c(Cl)cccc3Cl)cccc21. The average Bonchev–Trinajstić information content (AvgIpc) is 3.08. The van der Waals surface area contributed by atoms with Crippen LogP contribution in [0.1, 0.15) is 36.1 Å². The van der Waals surface area contributed by atoms with Gasteiger partial charge in [0.25, 0.3) is 5.91 Å². The summed E-state index contributed by atoms with van der Waals surface area (Å²) in [6.45, 7) is 2.84. The van der Waals surface area contributed by atoms with E-state index < -0.39 is 29.9 Å². The second-order valence-corrected chi connectivity index (χ2v) is 7.27. The van der Waals surface area contributed by atoms with E-state index >= 15 is 0 Å². The molecule has 11 heteroatoms. The molecule has 6 nitrogen and oxygen atoms in total. The van der Waals surface area contributed by atoms with Gasteiger partial charge in [-0.1, -0.05) is 35.3 Å². The first-order valence-corrected chi connectivity index (χ1v) is 9.82. The van der Waals surface area contributed by atoms with Crippen LogP contribution in [0.4, 0.5) is 18.9 Å². The van der Waals surface area contributed by atoms with Crippen LogP contribution in [0.15, 0.2) is 36.4 Å². The van der Waals surface area contributed by atoms with Crippen LogP contribution in [0.25, 0.3) is 11.0 Å². The Morgan fingerprint density at radius 1 is 1.16 bits per heavy atom. The third-order valence-electron chi connectivity index (χ3n) is 4.43. The van der Waals surface area contributed by atoms with Gasteiger partial charge in [-0.15, -0.1) is 0 Å². The molecule has 1 N–H and O–H groups in total. The van der Waals surface area contributed by atoms with Gasteiger partial charge in [-0.05, 0) is 38.1 Å². The minimum absolute atomic E-state index is 0.00112. The van der Waals surface area contributed by atoms with Gasteiger partial charge in [0.2, 0.25) is 5.82 Å². The summed E-state index contributed by atoms with van der Waals surface area (Å²) >= 11 is 12.1. The van der Waals surface area contributed by atoms with Gasteiger partial charge in [0.15, 0.2) is 0 Å². The first-order chi connectivity index (χ1) is 14.6. The number of halogens is 5. The Morgan fingerprint density at radius 2 is 1.77 bits per heavy atom. The van der Waals surface area contributed by atoms with Crippen molar-refractivity contribution in [2.45, 2.75) is 26.1 Å². The summed E-state index contributed by atoms with van der Waals surface area (Å²) in [5.41, 5.74) is -0.185. The number of aromatic nitrogens is 2. The molecule has 3 rings (SSSR count). The standard InChI is InChI=1S/C20H16Cl2F3N3O3/c1-3-31-18(30)10(2)28-14-9-5-8-13(16(14)27-19(28)20(23,24)25)26-17(29)15-11(21)6-4-7-12(15)22/h4-10H,3H2,1-2H3,(H,26,29). The van der Waals surface area contributed by atoms with Gasteiger partial charge in [0, 0.05) is 0 Å². The molecule has 3 aromatic rings. The van der Waals surface area contributed by atoms with Crippen molar-refractivity contribution in [1.29, 1.82) is 0 Å². The topological polar surface area (TPSA) is 73.2 Å². The Hall–Kier alpha value is -2.78. The Labute approximate surface area is 184 Å². The predicted molar refractivity (Wildman–Crippen MR) is 110 cm³/mol. The van der Waals surface area contributed by atoms with Crippen molar-refractivity contribution >= 4 is 51.8 Å². The lowest BCUT2D eigenvalue weighted by Crippen LogP contribution is -2.24. The molecule has 1 unspecified atom stereocenters. The maximum absolute atomic E-state index is 13.7. The fraction of sp³-hybridized carbons (Fsp3) is 0.250. The highest BCUT2D eigenvalue weighted by atomic mass is 35.5. The molecule has 1 aromatic heterocycles. The number of fused-ring (bicyclic) bond motifs is 1. The van der Waals surface area contributed by atoms with Crippen LogP contribution in [-0.4, -0.2) is 28.0 Å². The molecule has 2 aromatic carbocycles. The number of imidazole rings is 1. The van der Waals surface area contributed by atoms with Gasteiger partial charge in [-0.2, -0.15) is 13.2 Å². The van der Waals surface area contributed by atoms with E-state index in [1.807, 2.05) is 0 Å². The highest BCUT2D eigenvalue weighted by molar-refractivity contribution is 6.40. The van der Waals surface area contributed by atoms with Crippen LogP contribution < -0.4 is 5.32 Å². The Bertz CT molecular complexity index is 1140. The second kappa shape index (κ2) is 8.76. The van der Waals surface area contributed by atoms with Gasteiger partial charge >= 0.3 is 12.1 Å². The first kappa shape index (κ1) is 22.9. The third kappa shape index (κ3) is 4.47. The molecule has 0 saturated carbocycles. The quantitative estimate of drug-likeness (QED) is 0.479. The fourth-order valence-corrected chi connectivity index (χ4v) is 3.65. The average molecular weight is 474 g/mol. The van der Waals surface area contributed by atoms with Crippen LogP contribution in [-0.2, 0) is 15.7 Å². The number of anilines is 1. The number of rotatable bonds is 5. The van der Waals surface area contributed by atoms with Crippen LogP contribution in [0.5, 0.6) is 0 Å². The Kier molecular flexibility index (Phi) is 6.47. The first-order valence-electron chi connectivity index (χ1n) is 9.06. The summed E-state index contributed by atoms with van der Waals surface area (Å²) in [5.74, 6) is -2.85. The smallest absolute Gasteiger partial charge is 0.449 e. The number of hydrogen-bond donors (Lipinski definition) is 1. The van der Waals surface area contributed by atoms with Gasteiger partial charge in [0.1, 0.15) is 11.6 Å². The molecule has 0 saturated heterocycles. The number of esters is 1. The second-order valence-electron chi connectivity index (χ2n) is 6.46. The third-order valence-corrected chi connectivity index (χ3v) is 5.06. The minimum Gasteiger partial charge on any atom is -0.464 e. The van der Waals surface area contributed by atoms with Crippen LogP contribution in [0.2, 0.25) is 10.0 Å². The van der Waals surface area contributed by atoms with E-state index in [0.29, 0.717) is 0 Å². The lowest BCUT2D eigenvalue weighted by atomic mass is 10.2. The van der Waals surface area contributed by atoms with Crippen molar-refractivity contribution in [2.24, 2.45) is 0 Å². The molecule has 1 amide bonds. The van der Waals surface area contributed by atoms with Crippen LogP contribution >= 0.6 is 23.2 Å². The van der Waals surface area contributed by atoms with Crippen molar-refractivity contribution in [1.82, 2.24) is 9.55 Å². The van der Waals surface area contributed by atoms with E-state index in [9.17, 15) is 22.8 Å². The number of hydrogen-bond acceptors (Lipinski definition) is 4. The number of alkyl halides is 3. The highest BCUT2D eigenvalue weighted by Crippen LogP contribution is 2.36. The number of para-hydroxylation sites is 1.